The van der Waals surface area contributed by atoms with E-state index in [0.29, 0.717) is 5.69 Å². The molecule has 1 heterocycles. The van der Waals surface area contributed by atoms with Crippen LogP contribution < -0.4 is 4.31 Å². The monoisotopic (exact) mass is 305 g/mol. The second-order valence-corrected chi connectivity index (χ2v) is 7.03. The highest BCUT2D eigenvalue weighted by atomic mass is 32.2. The number of rotatable bonds is 2. The van der Waals surface area contributed by atoms with Gasteiger partial charge in [0.15, 0.2) is 0 Å². The van der Waals surface area contributed by atoms with E-state index < -0.39 is 15.8 Å². The van der Waals surface area contributed by atoms with Gasteiger partial charge >= 0.3 is 0 Å². The van der Waals surface area contributed by atoms with Crippen LogP contribution in [0.15, 0.2) is 53.4 Å². The summed E-state index contributed by atoms with van der Waals surface area (Å²) in [4.78, 5) is -0.270. The SMILES string of the molecule is C[C@H]1CCc2ccccc2N1S(=O)(=O)c1ccccc1F. The van der Waals surface area contributed by atoms with Gasteiger partial charge in [-0.1, -0.05) is 30.3 Å². The second-order valence-electron chi connectivity index (χ2n) is 5.25. The van der Waals surface area contributed by atoms with Gasteiger partial charge < -0.3 is 0 Å². The molecule has 0 unspecified atom stereocenters. The molecule has 0 bridgehead atoms. The van der Waals surface area contributed by atoms with E-state index in [2.05, 4.69) is 0 Å². The molecular formula is C16H16FNO2S. The first-order valence-electron chi connectivity index (χ1n) is 6.88. The maximum atomic E-state index is 13.9. The van der Waals surface area contributed by atoms with Crippen molar-refractivity contribution in [2.45, 2.75) is 30.7 Å². The lowest BCUT2D eigenvalue weighted by molar-refractivity contribution is 0.546. The predicted octanol–water partition coefficient (Wildman–Crippen LogP) is 3.36. The number of hydrogen-bond acceptors (Lipinski definition) is 2. The van der Waals surface area contributed by atoms with E-state index >= 15 is 0 Å². The van der Waals surface area contributed by atoms with Gasteiger partial charge in [-0.05, 0) is 43.5 Å². The Kier molecular flexibility index (Phi) is 3.45. The number of sulfonamides is 1. The van der Waals surface area contributed by atoms with Crippen LogP contribution in [0.5, 0.6) is 0 Å². The molecule has 2 aromatic carbocycles. The quantitative estimate of drug-likeness (QED) is 0.853. The molecule has 110 valence electrons. The molecule has 0 amide bonds. The summed E-state index contributed by atoms with van der Waals surface area (Å²) >= 11 is 0. The maximum absolute atomic E-state index is 13.9. The number of para-hydroxylation sites is 1. The highest BCUT2D eigenvalue weighted by molar-refractivity contribution is 7.92. The first-order valence-corrected chi connectivity index (χ1v) is 8.32. The fourth-order valence-corrected chi connectivity index (χ4v) is 4.58. The fourth-order valence-electron chi connectivity index (χ4n) is 2.78. The van der Waals surface area contributed by atoms with Gasteiger partial charge in [-0.2, -0.15) is 0 Å². The Balaban J connectivity index is 2.17. The van der Waals surface area contributed by atoms with Gasteiger partial charge in [0.2, 0.25) is 0 Å². The smallest absolute Gasteiger partial charge is 0.263 e. The molecule has 1 aliphatic rings. The van der Waals surface area contributed by atoms with Crippen LogP contribution in [0, 0.1) is 5.82 Å². The molecule has 1 aliphatic heterocycles. The summed E-state index contributed by atoms with van der Waals surface area (Å²) in [5.41, 5.74) is 1.63. The van der Waals surface area contributed by atoms with Gasteiger partial charge in [-0.3, -0.25) is 4.31 Å². The van der Waals surface area contributed by atoms with E-state index in [1.165, 1.54) is 28.6 Å². The Hall–Kier alpha value is -1.88. The van der Waals surface area contributed by atoms with Crippen molar-refractivity contribution >= 4 is 15.7 Å². The van der Waals surface area contributed by atoms with Gasteiger partial charge in [-0.25, -0.2) is 12.8 Å². The highest BCUT2D eigenvalue weighted by Gasteiger charge is 2.34. The molecule has 0 spiro atoms. The number of benzene rings is 2. The zero-order chi connectivity index (χ0) is 15.0. The van der Waals surface area contributed by atoms with Crippen molar-refractivity contribution in [3.05, 3.63) is 59.9 Å². The highest BCUT2D eigenvalue weighted by Crippen LogP contribution is 2.35. The molecule has 3 rings (SSSR count). The normalized spacial score (nSPS) is 18.4. The van der Waals surface area contributed by atoms with Crippen LogP contribution in [-0.4, -0.2) is 14.5 Å². The predicted molar refractivity (Wildman–Crippen MR) is 80.3 cm³/mol. The summed E-state index contributed by atoms with van der Waals surface area (Å²) in [6.45, 7) is 1.86. The standard InChI is InChI=1S/C16H16FNO2S/c1-12-10-11-13-6-2-4-8-15(13)18(12)21(19,20)16-9-5-3-7-14(16)17/h2-9,12H,10-11H2,1H3/t12-/m0/s1. The first kappa shape index (κ1) is 14.1. The van der Waals surface area contributed by atoms with Crippen molar-refractivity contribution in [2.75, 3.05) is 4.31 Å². The van der Waals surface area contributed by atoms with Crippen molar-refractivity contribution in [3.8, 4) is 0 Å². The number of anilines is 1. The molecule has 5 heteroatoms. The Bertz CT molecular complexity index is 773. The second kappa shape index (κ2) is 5.15. The summed E-state index contributed by atoms with van der Waals surface area (Å²) in [5.74, 6) is -0.715. The number of hydrogen-bond donors (Lipinski definition) is 0. The molecule has 3 nitrogen and oxygen atoms in total. The average molecular weight is 305 g/mol. The summed E-state index contributed by atoms with van der Waals surface area (Å²) < 4.78 is 41.0. The van der Waals surface area contributed by atoms with Crippen LogP contribution in [-0.2, 0) is 16.4 Å². The van der Waals surface area contributed by atoms with Crippen LogP contribution in [0.1, 0.15) is 18.9 Å². The van der Waals surface area contributed by atoms with Crippen LogP contribution >= 0.6 is 0 Å². The minimum Gasteiger partial charge on any atom is -0.263 e. The molecular weight excluding hydrogens is 289 g/mol. The third-order valence-corrected chi connectivity index (χ3v) is 5.80. The number of nitrogens with zero attached hydrogens (tertiary/aromatic N) is 1. The number of aryl methyl sites for hydroxylation is 1. The lowest BCUT2D eigenvalue weighted by atomic mass is 9.99. The molecule has 1 atom stereocenters. The van der Waals surface area contributed by atoms with Crippen molar-refractivity contribution < 1.29 is 12.8 Å². The van der Waals surface area contributed by atoms with E-state index in [1.54, 1.807) is 12.1 Å². The van der Waals surface area contributed by atoms with Gasteiger partial charge in [0.25, 0.3) is 10.0 Å². The number of fused-ring (bicyclic) bond motifs is 1. The molecule has 21 heavy (non-hydrogen) atoms. The topological polar surface area (TPSA) is 37.4 Å². The minimum absolute atomic E-state index is 0.190. The summed E-state index contributed by atoms with van der Waals surface area (Å²) in [6, 6.07) is 12.7. The van der Waals surface area contributed by atoms with Gasteiger partial charge in [-0.15, -0.1) is 0 Å². The van der Waals surface area contributed by atoms with Gasteiger partial charge in [0.05, 0.1) is 5.69 Å². The van der Waals surface area contributed by atoms with Crippen molar-refractivity contribution in [2.24, 2.45) is 0 Å². The Labute approximate surface area is 124 Å². The molecule has 0 aromatic heterocycles. The van der Waals surface area contributed by atoms with E-state index in [0.717, 1.165) is 18.4 Å². The molecule has 2 aromatic rings. The van der Waals surface area contributed by atoms with Crippen LogP contribution in [0.4, 0.5) is 10.1 Å². The average Bonchev–Trinajstić information content (AvgIpc) is 2.47. The first-order chi connectivity index (χ1) is 10.0. The summed E-state index contributed by atoms with van der Waals surface area (Å²) in [6.07, 6.45) is 1.56. The molecule has 0 saturated carbocycles. The van der Waals surface area contributed by atoms with Crippen LogP contribution in [0.2, 0.25) is 0 Å². The van der Waals surface area contributed by atoms with Gasteiger partial charge in [0, 0.05) is 6.04 Å². The van der Waals surface area contributed by atoms with Crippen molar-refractivity contribution in [1.82, 2.24) is 0 Å². The third-order valence-electron chi connectivity index (χ3n) is 3.83. The van der Waals surface area contributed by atoms with Crippen molar-refractivity contribution in [3.63, 3.8) is 0 Å². The summed E-state index contributed by atoms with van der Waals surface area (Å²) in [5, 5.41) is 0. The van der Waals surface area contributed by atoms with E-state index in [9.17, 15) is 12.8 Å². The van der Waals surface area contributed by atoms with E-state index in [4.69, 9.17) is 0 Å². The molecule has 0 N–H and O–H groups in total. The lowest BCUT2D eigenvalue weighted by Crippen LogP contribution is -2.42. The zero-order valence-electron chi connectivity index (χ0n) is 11.7. The fraction of sp³-hybridized carbons (Fsp3) is 0.250. The molecule has 0 aliphatic carbocycles. The number of halogens is 1. The Morgan fingerprint density at radius 3 is 2.52 bits per heavy atom. The molecule has 0 radical (unpaired) electrons. The Morgan fingerprint density at radius 1 is 1.10 bits per heavy atom. The largest absolute Gasteiger partial charge is 0.267 e. The lowest BCUT2D eigenvalue weighted by Gasteiger charge is -2.36. The van der Waals surface area contributed by atoms with Crippen molar-refractivity contribution in [1.29, 1.82) is 0 Å². The van der Waals surface area contributed by atoms with E-state index in [1.807, 2.05) is 19.1 Å². The Morgan fingerprint density at radius 2 is 1.76 bits per heavy atom. The molecule has 0 saturated heterocycles. The van der Waals surface area contributed by atoms with Gasteiger partial charge in [0.1, 0.15) is 10.7 Å². The van der Waals surface area contributed by atoms with Crippen LogP contribution in [0.3, 0.4) is 0 Å². The van der Waals surface area contributed by atoms with E-state index in [-0.39, 0.29) is 10.9 Å². The third kappa shape index (κ3) is 2.31. The maximum Gasteiger partial charge on any atom is 0.267 e. The summed E-state index contributed by atoms with van der Waals surface area (Å²) in [7, 11) is -3.90. The van der Waals surface area contributed by atoms with Crippen LogP contribution in [0.25, 0.3) is 0 Å². The zero-order valence-corrected chi connectivity index (χ0v) is 12.5. The minimum atomic E-state index is -3.90. The molecule has 0 fully saturated rings.